The molecule has 5 aromatic rings. The molecule has 2 aromatic heterocycles. The number of methoxy groups -OCH3 is 1. The summed E-state index contributed by atoms with van der Waals surface area (Å²) in [5, 5.41) is 2.83. The summed E-state index contributed by atoms with van der Waals surface area (Å²) >= 11 is 0. The number of fused-ring (bicyclic) bond motifs is 4. The third-order valence-corrected chi connectivity index (χ3v) is 5.16. The van der Waals surface area contributed by atoms with Gasteiger partial charge in [-0.3, -0.25) is 9.20 Å². The first kappa shape index (κ1) is 17.1. The van der Waals surface area contributed by atoms with Crippen LogP contribution in [0.5, 0.6) is 0 Å². The Morgan fingerprint density at radius 1 is 0.897 bits per heavy atom. The Morgan fingerprint density at radius 3 is 2.48 bits per heavy atom. The highest BCUT2D eigenvalue weighted by molar-refractivity contribution is 6.15. The number of benzene rings is 3. The molecular weight excluding hydrogens is 364 g/mol. The first-order chi connectivity index (χ1) is 14.2. The second-order valence-electron chi connectivity index (χ2n) is 6.81. The van der Waals surface area contributed by atoms with Crippen LogP contribution in [0.2, 0.25) is 0 Å². The average molecular weight is 380 g/mol. The summed E-state index contributed by atoms with van der Waals surface area (Å²) in [6.45, 7) is 0. The molecule has 0 fully saturated rings. The van der Waals surface area contributed by atoms with E-state index in [0.717, 1.165) is 21.7 Å². The zero-order valence-corrected chi connectivity index (χ0v) is 15.6. The lowest BCUT2D eigenvalue weighted by atomic mass is 10.0. The lowest BCUT2D eigenvalue weighted by Crippen LogP contribution is -2.05. The fraction of sp³-hybridized carbons (Fsp3) is 0.0417. The molecule has 29 heavy (non-hydrogen) atoms. The molecule has 3 aromatic carbocycles. The van der Waals surface area contributed by atoms with E-state index in [1.54, 1.807) is 22.9 Å². The molecule has 5 heteroatoms. The van der Waals surface area contributed by atoms with Crippen LogP contribution in [0.25, 0.3) is 27.2 Å². The van der Waals surface area contributed by atoms with E-state index >= 15 is 0 Å². The average Bonchev–Trinajstić information content (AvgIpc) is 3.18. The molecule has 140 valence electrons. The van der Waals surface area contributed by atoms with Gasteiger partial charge in [0.05, 0.1) is 29.4 Å². The molecule has 0 aliphatic rings. The molecule has 0 radical (unpaired) electrons. The van der Waals surface area contributed by atoms with Gasteiger partial charge in [0.15, 0.2) is 0 Å². The van der Waals surface area contributed by atoms with Gasteiger partial charge < -0.3 is 4.74 Å². The predicted molar refractivity (Wildman–Crippen MR) is 111 cm³/mol. The number of aromatic nitrogens is 2. The summed E-state index contributed by atoms with van der Waals surface area (Å²) in [6, 6.07) is 22.6. The Bertz CT molecular complexity index is 1430. The van der Waals surface area contributed by atoms with E-state index in [2.05, 4.69) is 4.98 Å². The Morgan fingerprint density at radius 2 is 1.66 bits per heavy atom. The van der Waals surface area contributed by atoms with Crippen LogP contribution in [0.3, 0.4) is 0 Å². The van der Waals surface area contributed by atoms with Crippen molar-refractivity contribution in [2.45, 2.75) is 0 Å². The number of nitrogens with zero attached hydrogens (tertiary/aromatic N) is 2. The van der Waals surface area contributed by atoms with E-state index in [9.17, 15) is 9.59 Å². The molecule has 0 atom stereocenters. The van der Waals surface area contributed by atoms with Gasteiger partial charge in [-0.2, -0.15) is 0 Å². The minimum absolute atomic E-state index is 0.182. The highest BCUT2D eigenvalue weighted by atomic mass is 16.5. The van der Waals surface area contributed by atoms with Crippen molar-refractivity contribution in [3.63, 3.8) is 0 Å². The molecule has 0 amide bonds. The van der Waals surface area contributed by atoms with Crippen LogP contribution >= 0.6 is 0 Å². The van der Waals surface area contributed by atoms with Crippen molar-refractivity contribution >= 4 is 38.9 Å². The van der Waals surface area contributed by atoms with Crippen molar-refractivity contribution in [1.82, 2.24) is 9.38 Å². The van der Waals surface area contributed by atoms with Gasteiger partial charge in [-0.05, 0) is 29.0 Å². The monoisotopic (exact) mass is 380 g/mol. The highest BCUT2D eigenvalue weighted by Crippen LogP contribution is 2.27. The van der Waals surface area contributed by atoms with Crippen LogP contribution < -0.4 is 0 Å². The van der Waals surface area contributed by atoms with Gasteiger partial charge in [0.2, 0.25) is 5.78 Å². The number of esters is 1. The molecule has 5 rings (SSSR count). The minimum atomic E-state index is -0.489. The van der Waals surface area contributed by atoms with Crippen molar-refractivity contribution < 1.29 is 14.3 Å². The van der Waals surface area contributed by atoms with Gasteiger partial charge in [-0.1, -0.05) is 54.6 Å². The number of para-hydroxylation sites is 1. The summed E-state index contributed by atoms with van der Waals surface area (Å²) in [6.07, 6.45) is 1.58. The van der Waals surface area contributed by atoms with E-state index in [4.69, 9.17) is 4.74 Å². The highest BCUT2D eigenvalue weighted by Gasteiger charge is 2.23. The predicted octanol–water partition coefficient (Wildman–Crippen LogP) is 4.66. The van der Waals surface area contributed by atoms with Crippen LogP contribution in [0, 0.1) is 0 Å². The number of carbonyl (C=O) groups excluding carboxylic acids is 2. The number of ether oxygens (including phenoxy) is 1. The zero-order valence-electron chi connectivity index (χ0n) is 15.6. The minimum Gasteiger partial charge on any atom is -0.465 e. The van der Waals surface area contributed by atoms with Crippen LogP contribution in [-0.4, -0.2) is 28.2 Å². The number of carbonyl (C=O) groups is 2. The van der Waals surface area contributed by atoms with Crippen molar-refractivity contribution in [3.05, 3.63) is 95.9 Å². The van der Waals surface area contributed by atoms with E-state index in [0.29, 0.717) is 22.3 Å². The normalized spacial score (nSPS) is 11.2. The number of ketones is 1. The standard InChI is InChI=1S/C24H16N2O3/c1-29-24(28)19-13-21(26-14-25-20-9-5-4-8-18(20)22(19)26)23(27)17-11-10-15-6-2-3-7-16(15)12-17/h2-14H,1H3. The Labute approximate surface area is 166 Å². The van der Waals surface area contributed by atoms with Crippen LogP contribution in [-0.2, 0) is 4.74 Å². The Kier molecular flexibility index (Phi) is 3.88. The summed E-state index contributed by atoms with van der Waals surface area (Å²) in [4.78, 5) is 30.3. The smallest absolute Gasteiger partial charge is 0.340 e. The SMILES string of the molecule is COC(=O)c1cc(C(=O)c2ccc3ccccc3c2)n2cnc3ccccc3c12. The summed E-state index contributed by atoms with van der Waals surface area (Å²) in [5.41, 5.74) is 2.62. The first-order valence-electron chi connectivity index (χ1n) is 9.18. The second kappa shape index (κ2) is 6.56. The molecular formula is C24H16N2O3. The number of rotatable bonds is 3. The number of hydrogen-bond acceptors (Lipinski definition) is 4. The fourth-order valence-corrected chi connectivity index (χ4v) is 3.74. The van der Waals surface area contributed by atoms with E-state index in [1.165, 1.54) is 7.11 Å². The quantitative estimate of drug-likeness (QED) is 0.337. The van der Waals surface area contributed by atoms with E-state index in [-0.39, 0.29) is 5.78 Å². The largest absolute Gasteiger partial charge is 0.465 e. The zero-order chi connectivity index (χ0) is 20.0. The van der Waals surface area contributed by atoms with Crippen molar-refractivity contribution in [2.24, 2.45) is 0 Å². The Hall–Kier alpha value is -3.99. The summed E-state index contributed by atoms with van der Waals surface area (Å²) in [7, 11) is 1.33. The lowest BCUT2D eigenvalue weighted by Gasteiger charge is -2.06. The molecule has 0 bridgehead atoms. The topological polar surface area (TPSA) is 60.7 Å². The molecule has 0 aliphatic carbocycles. The van der Waals surface area contributed by atoms with Crippen molar-refractivity contribution in [2.75, 3.05) is 7.11 Å². The molecule has 0 unspecified atom stereocenters. The third kappa shape index (κ3) is 2.67. The molecule has 0 aliphatic heterocycles. The number of hydrogen-bond donors (Lipinski definition) is 0. The maximum Gasteiger partial charge on any atom is 0.340 e. The maximum absolute atomic E-state index is 13.4. The van der Waals surface area contributed by atoms with Crippen LogP contribution in [0.4, 0.5) is 0 Å². The van der Waals surface area contributed by atoms with Gasteiger partial charge in [0.1, 0.15) is 6.33 Å². The summed E-state index contributed by atoms with van der Waals surface area (Å²) < 4.78 is 6.64. The van der Waals surface area contributed by atoms with Crippen LogP contribution in [0.15, 0.2) is 79.1 Å². The molecule has 2 heterocycles. The lowest BCUT2D eigenvalue weighted by molar-refractivity contribution is 0.0603. The second-order valence-corrected chi connectivity index (χ2v) is 6.81. The fourth-order valence-electron chi connectivity index (χ4n) is 3.74. The van der Waals surface area contributed by atoms with Gasteiger partial charge in [-0.15, -0.1) is 0 Å². The van der Waals surface area contributed by atoms with Crippen molar-refractivity contribution in [3.8, 4) is 0 Å². The van der Waals surface area contributed by atoms with Gasteiger partial charge >= 0.3 is 5.97 Å². The summed E-state index contributed by atoms with van der Waals surface area (Å²) in [5.74, 6) is -0.672. The molecule has 0 saturated carbocycles. The molecule has 0 saturated heterocycles. The molecule has 0 spiro atoms. The maximum atomic E-state index is 13.4. The molecule has 0 N–H and O–H groups in total. The Balaban J connectivity index is 1.76. The first-order valence-corrected chi connectivity index (χ1v) is 9.18. The van der Waals surface area contributed by atoms with E-state index < -0.39 is 5.97 Å². The third-order valence-electron chi connectivity index (χ3n) is 5.16. The molecule has 5 nitrogen and oxygen atoms in total. The van der Waals surface area contributed by atoms with Gasteiger partial charge in [-0.25, -0.2) is 9.78 Å². The van der Waals surface area contributed by atoms with E-state index in [1.807, 2.05) is 60.7 Å². The van der Waals surface area contributed by atoms with Gasteiger partial charge in [0.25, 0.3) is 0 Å². The van der Waals surface area contributed by atoms with Gasteiger partial charge in [0, 0.05) is 10.9 Å². The van der Waals surface area contributed by atoms with Crippen LogP contribution in [0.1, 0.15) is 26.4 Å². The van der Waals surface area contributed by atoms with Crippen molar-refractivity contribution in [1.29, 1.82) is 0 Å².